The molecule has 15 nitrogen and oxygen atoms in total. The maximum absolute atomic E-state index is 12.8. The second kappa shape index (κ2) is 14.9. The van der Waals surface area contributed by atoms with E-state index < -0.39 is 54.3 Å². The Labute approximate surface area is 224 Å². The molecule has 2 rings (SSSR count). The van der Waals surface area contributed by atoms with Crippen LogP contribution in [0.5, 0.6) is 0 Å². The second-order valence-electron chi connectivity index (χ2n) is 8.86. The molecule has 4 amide bonds. The number of primary amides is 1. The van der Waals surface area contributed by atoms with Gasteiger partial charge < -0.3 is 49.0 Å². The van der Waals surface area contributed by atoms with Crippen molar-refractivity contribution in [3.05, 3.63) is 36.0 Å². The van der Waals surface area contributed by atoms with Crippen molar-refractivity contribution >= 4 is 46.5 Å². The molecule has 0 spiro atoms. The number of aromatic nitrogens is 1. The lowest BCUT2D eigenvalue weighted by molar-refractivity contribution is -0.141. The van der Waals surface area contributed by atoms with Crippen LogP contribution in [0.1, 0.15) is 31.2 Å². The van der Waals surface area contributed by atoms with Crippen LogP contribution < -0.4 is 38.9 Å². The lowest BCUT2D eigenvalue weighted by Gasteiger charge is -2.21. The minimum absolute atomic E-state index is 0.0150. The van der Waals surface area contributed by atoms with Gasteiger partial charge in [0.25, 0.3) is 0 Å². The van der Waals surface area contributed by atoms with Gasteiger partial charge >= 0.3 is 5.97 Å². The summed E-state index contributed by atoms with van der Waals surface area (Å²) in [5.41, 5.74) is 23.0. The molecule has 15 heteroatoms. The Morgan fingerprint density at radius 2 is 1.69 bits per heavy atom. The van der Waals surface area contributed by atoms with Crippen LogP contribution >= 0.6 is 0 Å². The molecule has 1 aromatic heterocycles. The first-order chi connectivity index (χ1) is 18.5. The summed E-state index contributed by atoms with van der Waals surface area (Å²) in [7, 11) is 0. The minimum Gasteiger partial charge on any atom is -0.480 e. The largest absolute Gasteiger partial charge is 0.480 e. The van der Waals surface area contributed by atoms with Gasteiger partial charge in [-0.3, -0.25) is 24.2 Å². The number of H-pyrrole nitrogens is 1. The van der Waals surface area contributed by atoms with Gasteiger partial charge in [-0.2, -0.15) is 0 Å². The van der Waals surface area contributed by atoms with Crippen LogP contribution in [-0.2, 0) is 30.4 Å². The number of guanidine groups is 1. The van der Waals surface area contributed by atoms with Crippen molar-refractivity contribution in [3.8, 4) is 0 Å². The van der Waals surface area contributed by atoms with Gasteiger partial charge in [0.15, 0.2) is 5.96 Å². The van der Waals surface area contributed by atoms with Crippen molar-refractivity contribution < 1.29 is 29.1 Å². The van der Waals surface area contributed by atoms with Crippen molar-refractivity contribution in [1.82, 2.24) is 20.9 Å². The number of aliphatic carboxylic acids is 1. The molecule has 212 valence electrons. The standard InChI is InChI=1S/C24H35N9O6/c25-15(7-8-19(26)34)21(36)33-17(6-3-9-29-24(27)28)22(37)31-12-20(35)32-18(23(38)39)10-13-11-30-16-5-2-1-4-14(13)16/h1-2,4-5,11,15,17-18,30H,3,6-10,12,25H2,(H2,26,34)(H,31,37)(H,32,35)(H,33,36)(H,38,39)(H4,27,28,29). The zero-order valence-corrected chi connectivity index (χ0v) is 21.3. The van der Waals surface area contributed by atoms with E-state index in [9.17, 15) is 29.1 Å². The van der Waals surface area contributed by atoms with Crippen molar-refractivity contribution in [3.63, 3.8) is 0 Å². The monoisotopic (exact) mass is 545 g/mol. The molecular weight excluding hydrogens is 510 g/mol. The van der Waals surface area contributed by atoms with E-state index in [1.165, 1.54) is 0 Å². The Morgan fingerprint density at radius 3 is 2.36 bits per heavy atom. The average molecular weight is 546 g/mol. The Bertz CT molecular complexity index is 1210. The van der Waals surface area contributed by atoms with E-state index in [-0.39, 0.29) is 38.2 Å². The molecule has 0 bridgehead atoms. The average Bonchev–Trinajstić information content (AvgIpc) is 3.29. The number of amides is 4. The zero-order chi connectivity index (χ0) is 28.9. The fraction of sp³-hybridized carbons (Fsp3) is 0.417. The molecule has 0 aliphatic carbocycles. The summed E-state index contributed by atoms with van der Waals surface area (Å²) in [5, 5.41) is 17.7. The highest BCUT2D eigenvalue weighted by atomic mass is 16.4. The maximum Gasteiger partial charge on any atom is 0.326 e. The summed E-state index contributed by atoms with van der Waals surface area (Å²) in [4.78, 5) is 67.4. The van der Waals surface area contributed by atoms with Gasteiger partial charge in [0, 0.05) is 36.5 Å². The third-order valence-corrected chi connectivity index (χ3v) is 5.77. The first-order valence-electron chi connectivity index (χ1n) is 12.2. The topological polar surface area (TPSA) is 274 Å². The van der Waals surface area contributed by atoms with Crippen molar-refractivity contribution in [2.45, 2.75) is 50.2 Å². The smallest absolute Gasteiger partial charge is 0.326 e. The molecule has 0 aliphatic rings. The predicted molar refractivity (Wildman–Crippen MR) is 143 cm³/mol. The number of rotatable bonds is 16. The number of carbonyl (C=O) groups excluding carboxylic acids is 4. The predicted octanol–water partition coefficient (Wildman–Crippen LogP) is -2.47. The van der Waals surface area contributed by atoms with Gasteiger partial charge in [0.2, 0.25) is 23.6 Å². The SMILES string of the molecule is NC(=O)CCC(N)C(=O)NC(CCCN=C(N)N)C(=O)NCC(=O)NC(Cc1c[nH]c2ccccc12)C(=O)O. The summed E-state index contributed by atoms with van der Waals surface area (Å²) in [6.45, 7) is -0.352. The van der Waals surface area contributed by atoms with Crippen molar-refractivity contribution in [2.24, 2.45) is 27.9 Å². The second-order valence-corrected chi connectivity index (χ2v) is 8.86. The molecule has 0 radical (unpaired) electrons. The minimum atomic E-state index is -1.24. The number of nitrogens with zero attached hydrogens (tertiary/aromatic N) is 1. The summed E-state index contributed by atoms with van der Waals surface area (Å²) in [6.07, 6.45) is 1.99. The van der Waals surface area contributed by atoms with Crippen LogP contribution in [0, 0.1) is 0 Å². The molecule has 3 atom stereocenters. The fourth-order valence-electron chi connectivity index (χ4n) is 3.74. The van der Waals surface area contributed by atoms with E-state index in [0.29, 0.717) is 12.0 Å². The molecule has 0 fully saturated rings. The van der Waals surface area contributed by atoms with E-state index >= 15 is 0 Å². The van der Waals surface area contributed by atoms with E-state index in [1.807, 2.05) is 24.3 Å². The van der Waals surface area contributed by atoms with Crippen LogP contribution in [0.4, 0.5) is 0 Å². The van der Waals surface area contributed by atoms with Crippen LogP contribution in [0.15, 0.2) is 35.5 Å². The number of nitrogens with two attached hydrogens (primary N) is 4. The molecular formula is C24H35N9O6. The van der Waals surface area contributed by atoms with Crippen molar-refractivity contribution in [1.29, 1.82) is 0 Å². The Morgan fingerprint density at radius 1 is 0.974 bits per heavy atom. The summed E-state index contributed by atoms with van der Waals surface area (Å²) in [5.74, 6) is -4.12. The molecule has 0 saturated heterocycles. The van der Waals surface area contributed by atoms with Gasteiger partial charge in [-0.25, -0.2) is 4.79 Å². The number of hydrogen-bond acceptors (Lipinski definition) is 7. The number of carbonyl (C=O) groups is 5. The molecule has 3 unspecified atom stereocenters. The van der Waals surface area contributed by atoms with Gasteiger partial charge in [0.05, 0.1) is 12.6 Å². The Balaban J connectivity index is 1.97. The Hall–Kier alpha value is -4.66. The summed E-state index contributed by atoms with van der Waals surface area (Å²) in [6, 6.07) is 3.92. The number of nitrogens with one attached hydrogen (secondary N) is 4. The number of benzene rings is 1. The van der Waals surface area contributed by atoms with E-state index in [2.05, 4.69) is 25.9 Å². The van der Waals surface area contributed by atoms with Crippen molar-refractivity contribution in [2.75, 3.05) is 13.1 Å². The number of carboxylic acids is 1. The van der Waals surface area contributed by atoms with E-state index in [1.54, 1.807) is 6.20 Å². The highest BCUT2D eigenvalue weighted by Gasteiger charge is 2.26. The van der Waals surface area contributed by atoms with Gasteiger partial charge in [0.1, 0.15) is 12.1 Å². The van der Waals surface area contributed by atoms with Crippen LogP contribution in [0.25, 0.3) is 10.9 Å². The van der Waals surface area contributed by atoms with Gasteiger partial charge in [-0.1, -0.05) is 18.2 Å². The summed E-state index contributed by atoms with van der Waals surface area (Å²) >= 11 is 0. The van der Waals surface area contributed by atoms with Gasteiger partial charge in [-0.05, 0) is 30.9 Å². The normalized spacial score (nSPS) is 13.1. The third-order valence-electron chi connectivity index (χ3n) is 5.77. The molecule has 1 aromatic carbocycles. The van der Waals surface area contributed by atoms with Crippen LogP contribution in [-0.4, -0.2) is 76.9 Å². The number of para-hydroxylation sites is 1. The summed E-state index contributed by atoms with van der Waals surface area (Å²) < 4.78 is 0. The van der Waals surface area contributed by atoms with Crippen LogP contribution in [0.2, 0.25) is 0 Å². The van der Waals surface area contributed by atoms with Crippen LogP contribution in [0.3, 0.4) is 0 Å². The quantitative estimate of drug-likeness (QED) is 0.0613. The number of hydrogen-bond donors (Lipinski definition) is 9. The lowest BCUT2D eigenvalue weighted by Crippen LogP contribution is -2.53. The first kappa shape index (κ1) is 30.6. The zero-order valence-electron chi connectivity index (χ0n) is 21.3. The number of aliphatic imine (C=N–C) groups is 1. The molecule has 39 heavy (non-hydrogen) atoms. The molecule has 0 saturated carbocycles. The first-order valence-corrected chi connectivity index (χ1v) is 12.2. The molecule has 0 aliphatic heterocycles. The highest BCUT2D eigenvalue weighted by Crippen LogP contribution is 2.19. The Kier molecular flexibility index (Phi) is 11.7. The van der Waals surface area contributed by atoms with E-state index in [4.69, 9.17) is 22.9 Å². The maximum atomic E-state index is 12.8. The number of aromatic amines is 1. The highest BCUT2D eigenvalue weighted by molar-refractivity contribution is 5.93. The number of carboxylic acid groups (broad SMARTS) is 1. The third kappa shape index (κ3) is 10.3. The lowest BCUT2D eigenvalue weighted by atomic mass is 10.0. The molecule has 2 aromatic rings. The fourth-order valence-corrected chi connectivity index (χ4v) is 3.74. The number of fused-ring (bicyclic) bond motifs is 1. The molecule has 13 N–H and O–H groups in total. The van der Waals surface area contributed by atoms with E-state index in [0.717, 1.165) is 10.9 Å². The molecule has 1 heterocycles. The van der Waals surface area contributed by atoms with Gasteiger partial charge in [-0.15, -0.1) is 0 Å².